The monoisotopic (exact) mass is 426 g/mol. The fourth-order valence-corrected chi connectivity index (χ4v) is 2.94. The summed E-state index contributed by atoms with van der Waals surface area (Å²) in [5, 5.41) is 0. The molecule has 1 aromatic rings. The SMILES string of the molecule is C=C(F)CCCOc1ccc(OCCCC(=C)F)c(S(F)(F)(F)(F)F)c1F. The van der Waals surface area contributed by atoms with Crippen molar-refractivity contribution in [3.05, 3.63) is 42.8 Å². The second kappa shape index (κ2) is 7.61. The maximum Gasteiger partial charge on any atom is 0.316 e. The van der Waals surface area contributed by atoms with Gasteiger partial charge < -0.3 is 9.47 Å². The molecule has 0 atom stereocenters. The molecule has 0 radical (unpaired) electrons. The van der Waals surface area contributed by atoms with Crippen LogP contribution >= 0.6 is 10.2 Å². The van der Waals surface area contributed by atoms with E-state index in [1.54, 1.807) is 0 Å². The number of benzene rings is 1. The first-order chi connectivity index (χ1) is 12.1. The molecule has 27 heavy (non-hydrogen) atoms. The first-order valence-electron chi connectivity index (χ1n) is 7.60. The van der Waals surface area contributed by atoms with E-state index in [4.69, 9.17) is 4.74 Å². The zero-order valence-electron chi connectivity index (χ0n) is 14.1. The summed E-state index contributed by atoms with van der Waals surface area (Å²) in [6.45, 7) is 4.90. The van der Waals surface area contributed by atoms with Crippen LogP contribution in [0.3, 0.4) is 0 Å². The van der Waals surface area contributed by atoms with E-state index < -0.39 is 57.3 Å². The third-order valence-electron chi connectivity index (χ3n) is 3.11. The molecule has 0 aromatic heterocycles. The molecule has 0 aliphatic carbocycles. The van der Waals surface area contributed by atoms with Crippen LogP contribution in [0.5, 0.6) is 11.5 Å². The molecule has 2 nitrogen and oxygen atoms in total. The molecule has 156 valence electrons. The molecule has 11 heteroatoms. The number of rotatable bonds is 11. The van der Waals surface area contributed by atoms with Crippen molar-refractivity contribution in [3.8, 4) is 11.5 Å². The molecule has 0 bridgehead atoms. The van der Waals surface area contributed by atoms with E-state index in [1.807, 2.05) is 0 Å². The van der Waals surface area contributed by atoms with Gasteiger partial charge in [0.1, 0.15) is 5.75 Å². The Bertz CT molecular complexity index is 715. The lowest BCUT2D eigenvalue weighted by molar-refractivity contribution is 0.265. The quantitative estimate of drug-likeness (QED) is 0.266. The first kappa shape index (κ1) is 23.1. The second-order valence-corrected chi connectivity index (χ2v) is 7.96. The lowest BCUT2D eigenvalue weighted by Gasteiger charge is -2.41. The average Bonchev–Trinajstić information content (AvgIpc) is 2.46. The third-order valence-corrected chi connectivity index (χ3v) is 4.26. The normalized spacial score (nSPS) is 14.2. The Labute approximate surface area is 151 Å². The van der Waals surface area contributed by atoms with Gasteiger partial charge in [0.15, 0.2) is 16.5 Å². The molecule has 0 N–H and O–H groups in total. The van der Waals surface area contributed by atoms with Gasteiger partial charge in [-0.15, -0.1) is 0 Å². The van der Waals surface area contributed by atoms with Crippen molar-refractivity contribution in [1.29, 1.82) is 0 Å². The average molecular weight is 426 g/mol. The van der Waals surface area contributed by atoms with E-state index >= 15 is 0 Å². The Kier molecular flexibility index (Phi) is 6.52. The minimum absolute atomic E-state index is 0.0497. The highest BCUT2D eigenvalue weighted by Gasteiger charge is 2.69. The Morgan fingerprint density at radius 1 is 0.815 bits per heavy atom. The van der Waals surface area contributed by atoms with Crippen LogP contribution < -0.4 is 9.47 Å². The highest BCUT2D eigenvalue weighted by molar-refractivity contribution is 8.45. The van der Waals surface area contributed by atoms with Gasteiger partial charge in [0, 0.05) is 12.8 Å². The Morgan fingerprint density at radius 3 is 1.63 bits per heavy atom. The summed E-state index contributed by atoms with van der Waals surface area (Å²) in [5.41, 5.74) is 0. The summed E-state index contributed by atoms with van der Waals surface area (Å²) >= 11 is 0. The maximum absolute atomic E-state index is 14.2. The summed E-state index contributed by atoms with van der Waals surface area (Å²) in [7, 11) is -10.5. The number of hydrogen-bond acceptors (Lipinski definition) is 2. The van der Waals surface area contributed by atoms with Crippen LogP contribution in [-0.2, 0) is 0 Å². The molecule has 0 amide bonds. The zero-order chi connectivity index (χ0) is 20.9. The van der Waals surface area contributed by atoms with E-state index in [0.29, 0.717) is 12.1 Å². The van der Waals surface area contributed by atoms with Crippen LogP contribution in [0, 0.1) is 5.82 Å². The smallest absolute Gasteiger partial charge is 0.316 e. The fraction of sp³-hybridized carbons (Fsp3) is 0.375. The van der Waals surface area contributed by atoms with E-state index in [1.165, 1.54) is 0 Å². The molecule has 1 rings (SSSR count). The molecule has 0 fully saturated rings. The molecule has 0 saturated heterocycles. The Balaban J connectivity index is 3.12. The summed E-state index contributed by atoms with van der Waals surface area (Å²) in [4.78, 5) is -2.85. The summed E-state index contributed by atoms with van der Waals surface area (Å²) < 4.78 is 115. The first-order valence-corrected chi connectivity index (χ1v) is 9.55. The fourth-order valence-electron chi connectivity index (χ4n) is 2.00. The lowest BCUT2D eigenvalue weighted by Crippen LogP contribution is -2.13. The zero-order valence-corrected chi connectivity index (χ0v) is 14.9. The highest BCUT2D eigenvalue weighted by Crippen LogP contribution is 3.03. The molecule has 0 heterocycles. The summed E-state index contributed by atoms with van der Waals surface area (Å²) in [6, 6.07) is 1.18. The molecule has 0 spiro atoms. The lowest BCUT2D eigenvalue weighted by atomic mass is 10.3. The highest BCUT2D eigenvalue weighted by atomic mass is 32.5. The number of hydrogen-bond donors (Lipinski definition) is 0. The predicted molar refractivity (Wildman–Crippen MR) is 87.8 cm³/mol. The molecular weight excluding hydrogens is 408 g/mol. The van der Waals surface area contributed by atoms with E-state index in [-0.39, 0.29) is 25.7 Å². The second-order valence-electron chi connectivity index (χ2n) is 5.61. The van der Waals surface area contributed by atoms with Crippen LogP contribution in [0.25, 0.3) is 0 Å². The van der Waals surface area contributed by atoms with Gasteiger partial charge in [-0.3, -0.25) is 0 Å². The molecule has 1 aromatic carbocycles. The van der Waals surface area contributed by atoms with Gasteiger partial charge >= 0.3 is 10.2 Å². The van der Waals surface area contributed by atoms with Gasteiger partial charge in [-0.05, 0) is 25.0 Å². The van der Waals surface area contributed by atoms with Gasteiger partial charge in [0.2, 0.25) is 0 Å². The van der Waals surface area contributed by atoms with E-state index in [2.05, 4.69) is 17.9 Å². The minimum atomic E-state index is -10.5. The maximum atomic E-state index is 14.2. The largest absolute Gasteiger partial charge is 0.492 e. The Hall–Kier alpha value is -1.91. The molecular formula is C16H18F8O2S. The van der Waals surface area contributed by atoms with Crippen LogP contribution in [0.15, 0.2) is 41.8 Å². The van der Waals surface area contributed by atoms with Crippen LogP contribution in [0.2, 0.25) is 0 Å². The standard InChI is InChI=1S/C16H18F8O2S/c1-11(17)5-3-9-25-13-7-8-14(26-10-4-6-12(2)18)16(15(13)19)27(20,21,22,23)24/h7-8H,1-6,9-10H2. The van der Waals surface area contributed by atoms with Crippen molar-refractivity contribution in [2.45, 2.75) is 30.6 Å². The topological polar surface area (TPSA) is 18.5 Å². The molecule has 0 aliphatic heterocycles. The van der Waals surface area contributed by atoms with E-state index in [0.717, 1.165) is 0 Å². The van der Waals surface area contributed by atoms with Crippen LogP contribution in [0.1, 0.15) is 25.7 Å². The number of allylic oxidation sites excluding steroid dienone is 2. The van der Waals surface area contributed by atoms with Crippen molar-refractivity contribution in [2.75, 3.05) is 13.2 Å². The van der Waals surface area contributed by atoms with Gasteiger partial charge in [0.25, 0.3) is 0 Å². The van der Waals surface area contributed by atoms with Gasteiger partial charge in [-0.1, -0.05) is 32.6 Å². The minimum Gasteiger partial charge on any atom is -0.492 e. The summed E-state index contributed by atoms with van der Waals surface area (Å²) in [5.74, 6) is -6.32. The molecule has 0 aliphatic rings. The van der Waals surface area contributed by atoms with Crippen molar-refractivity contribution >= 4 is 10.2 Å². The van der Waals surface area contributed by atoms with Crippen molar-refractivity contribution < 1.29 is 42.1 Å². The van der Waals surface area contributed by atoms with Gasteiger partial charge in [0.05, 0.1) is 24.9 Å². The number of halogens is 8. The van der Waals surface area contributed by atoms with Crippen molar-refractivity contribution in [1.82, 2.24) is 0 Å². The molecule has 0 unspecified atom stereocenters. The van der Waals surface area contributed by atoms with Gasteiger partial charge in [-0.25, -0.2) is 13.2 Å². The van der Waals surface area contributed by atoms with E-state index in [9.17, 15) is 32.6 Å². The number of ether oxygens (including phenoxy) is 2. The Morgan fingerprint density at radius 2 is 1.22 bits per heavy atom. The summed E-state index contributed by atoms with van der Waals surface area (Å²) in [6.07, 6.45) is -0.639. The van der Waals surface area contributed by atoms with Gasteiger partial charge in [-0.2, -0.15) is 0 Å². The molecule has 0 saturated carbocycles. The van der Waals surface area contributed by atoms with Crippen molar-refractivity contribution in [2.24, 2.45) is 0 Å². The van der Waals surface area contributed by atoms with Crippen LogP contribution in [-0.4, -0.2) is 13.2 Å². The van der Waals surface area contributed by atoms with Crippen LogP contribution in [0.4, 0.5) is 32.6 Å². The predicted octanol–water partition coefficient (Wildman–Crippen LogP) is 7.77. The third kappa shape index (κ3) is 7.69. The van der Waals surface area contributed by atoms with Crippen molar-refractivity contribution in [3.63, 3.8) is 0 Å².